The number of carbonyl (C=O) groups excluding carboxylic acids is 3. The maximum absolute atomic E-state index is 12.5. The maximum Gasteiger partial charge on any atom is 0.534 e. The molecule has 0 spiro atoms. The van der Waals surface area contributed by atoms with Crippen LogP contribution < -0.4 is 10.4 Å². The summed E-state index contributed by atoms with van der Waals surface area (Å²) in [6.07, 6.45) is -0.0137. The number of nitrogens with one attached hydrogen (secondary N) is 1. The second kappa shape index (κ2) is 7.53. The predicted molar refractivity (Wildman–Crippen MR) is 91.1 cm³/mol. The second-order valence-corrected chi connectivity index (χ2v) is 9.43. The third-order valence-corrected chi connectivity index (χ3v) is 6.97. The Morgan fingerprint density at radius 2 is 2.07 bits per heavy atom. The summed E-state index contributed by atoms with van der Waals surface area (Å²) in [5.41, 5.74) is -6.90. The van der Waals surface area contributed by atoms with Crippen LogP contribution in [0.15, 0.2) is 29.0 Å². The number of amides is 2. The first kappa shape index (κ1) is 21.4. The zero-order valence-electron chi connectivity index (χ0n) is 14.0. The van der Waals surface area contributed by atoms with Crippen LogP contribution in [0.4, 0.5) is 13.2 Å². The van der Waals surface area contributed by atoms with Gasteiger partial charge in [-0.25, -0.2) is 0 Å². The number of hydrogen-bond donors (Lipinski definition) is 1. The molecule has 15 heteroatoms. The summed E-state index contributed by atoms with van der Waals surface area (Å²) in [5, 5.41) is 14.6. The monoisotopic (exact) mass is 471 g/mol. The van der Waals surface area contributed by atoms with Gasteiger partial charge >= 0.3 is 15.6 Å². The van der Waals surface area contributed by atoms with E-state index in [0.717, 1.165) is 16.6 Å². The van der Waals surface area contributed by atoms with Crippen molar-refractivity contribution < 1.29 is 45.3 Å². The molecule has 0 aliphatic carbocycles. The minimum Gasteiger partial charge on any atom is -0.543 e. The first-order chi connectivity index (χ1) is 13.4. The molecule has 29 heavy (non-hydrogen) atoms. The lowest BCUT2D eigenvalue weighted by Crippen LogP contribution is -2.71. The molecule has 2 amide bonds. The van der Waals surface area contributed by atoms with Crippen molar-refractivity contribution >= 4 is 51.0 Å². The van der Waals surface area contributed by atoms with Gasteiger partial charge < -0.3 is 19.4 Å². The normalized spacial score (nSPS) is 22.0. The summed E-state index contributed by atoms with van der Waals surface area (Å²) >= 11 is 2.06. The van der Waals surface area contributed by atoms with Crippen molar-refractivity contribution in [3.8, 4) is 0 Å². The van der Waals surface area contributed by atoms with Crippen molar-refractivity contribution in [2.45, 2.75) is 23.3 Å². The summed E-state index contributed by atoms with van der Waals surface area (Å²) in [7, 11) is -6.13. The predicted octanol–water partition coefficient (Wildman–Crippen LogP) is -0.482. The molecule has 3 heterocycles. The topological polar surface area (TPSA) is 133 Å². The highest BCUT2D eigenvalue weighted by atomic mass is 32.2. The average molecular weight is 471 g/mol. The van der Waals surface area contributed by atoms with E-state index in [9.17, 15) is 41.1 Å². The molecule has 1 N–H and O–H groups in total. The fraction of sp³-hybridized carbons (Fsp3) is 0.357. The van der Waals surface area contributed by atoms with Crippen LogP contribution >= 0.6 is 23.1 Å². The number of aliphatic carboxylic acids is 1. The molecule has 1 aromatic rings. The third kappa shape index (κ3) is 4.06. The molecule has 9 nitrogen and oxygen atoms in total. The average Bonchev–Trinajstić information content (AvgIpc) is 3.10. The molecule has 0 saturated carbocycles. The number of hydrogen-bond acceptors (Lipinski definition) is 9. The molecular formula is C14H10F3N2O7S3-. The zero-order valence-corrected chi connectivity index (χ0v) is 16.4. The van der Waals surface area contributed by atoms with Gasteiger partial charge in [-0.3, -0.25) is 14.5 Å². The van der Waals surface area contributed by atoms with Crippen LogP contribution in [0.25, 0.3) is 0 Å². The van der Waals surface area contributed by atoms with Crippen LogP contribution in [0, 0.1) is 0 Å². The molecule has 158 valence electrons. The summed E-state index contributed by atoms with van der Waals surface area (Å²) in [4.78, 5) is 37.0. The van der Waals surface area contributed by atoms with E-state index in [1.165, 1.54) is 11.3 Å². The Kier molecular flexibility index (Phi) is 5.57. The van der Waals surface area contributed by atoms with Gasteiger partial charge in [-0.1, -0.05) is 6.07 Å². The van der Waals surface area contributed by atoms with Crippen LogP contribution in [-0.4, -0.2) is 53.8 Å². The maximum atomic E-state index is 12.5. The van der Waals surface area contributed by atoms with E-state index in [-0.39, 0.29) is 6.42 Å². The zero-order chi connectivity index (χ0) is 21.6. The van der Waals surface area contributed by atoms with Crippen LogP contribution in [0.2, 0.25) is 0 Å². The number of carbonyl (C=O) groups is 3. The third-order valence-electron chi connectivity index (χ3n) is 3.85. The lowest BCUT2D eigenvalue weighted by atomic mass is 10.0. The fourth-order valence-corrected chi connectivity index (χ4v) is 5.15. The van der Waals surface area contributed by atoms with Gasteiger partial charge in [0.15, 0.2) is 5.76 Å². The van der Waals surface area contributed by atoms with Gasteiger partial charge in [0.25, 0.3) is 5.91 Å². The first-order valence-corrected chi connectivity index (χ1v) is 11.0. The van der Waals surface area contributed by atoms with Crippen molar-refractivity contribution in [3.05, 3.63) is 33.8 Å². The summed E-state index contributed by atoms with van der Waals surface area (Å²) < 4.78 is 63.8. The van der Waals surface area contributed by atoms with E-state index in [0.29, 0.717) is 4.90 Å². The van der Waals surface area contributed by atoms with E-state index in [1.54, 1.807) is 17.5 Å². The number of nitrogens with zero attached hydrogens (tertiary/aromatic N) is 1. The van der Waals surface area contributed by atoms with E-state index in [1.807, 2.05) is 0 Å². The van der Waals surface area contributed by atoms with E-state index >= 15 is 0 Å². The number of rotatable bonds is 6. The van der Waals surface area contributed by atoms with Crippen molar-refractivity contribution in [1.29, 1.82) is 0 Å². The number of thioether (sulfide) groups is 1. The molecule has 1 aromatic heterocycles. The largest absolute Gasteiger partial charge is 0.543 e. The molecule has 3 rings (SSSR count). The van der Waals surface area contributed by atoms with Crippen molar-refractivity contribution in [2.75, 3.05) is 5.75 Å². The van der Waals surface area contributed by atoms with Gasteiger partial charge in [0.05, 0.1) is 18.1 Å². The van der Waals surface area contributed by atoms with Gasteiger partial charge in [-0.15, -0.1) is 23.1 Å². The SMILES string of the molecule is O=C(Cc1cccs1)N[C@@H]1C(=O)N2C(C(=O)[O-])=C(OS(=O)(=O)C(F)(F)F)CS[C@H]12. The molecule has 0 unspecified atom stereocenters. The minimum absolute atomic E-state index is 0.0137. The van der Waals surface area contributed by atoms with Gasteiger partial charge in [0.1, 0.15) is 17.1 Å². The number of fused-ring (bicyclic) bond motifs is 1. The smallest absolute Gasteiger partial charge is 0.534 e. The van der Waals surface area contributed by atoms with Gasteiger partial charge in [0.2, 0.25) is 5.91 Å². The number of β-lactam (4-membered cyclic amide) rings is 1. The van der Waals surface area contributed by atoms with Crippen LogP contribution in [0.3, 0.4) is 0 Å². The number of carboxylic acids is 1. The Morgan fingerprint density at radius 3 is 2.62 bits per heavy atom. The van der Waals surface area contributed by atoms with Crippen molar-refractivity contribution in [3.63, 3.8) is 0 Å². The standard InChI is InChI=1S/C14H11F3N2O7S3/c15-14(16,17)29(24,25)26-7-5-28-12-9(11(21)19(12)10(7)13(22)23)18-8(20)4-6-2-1-3-27-6/h1-3,9,12H,4-5H2,(H,18,20)(H,22,23)/p-1/t9-,12-/m1/s1. The van der Waals surface area contributed by atoms with Crippen LogP contribution in [0.5, 0.6) is 0 Å². The molecule has 2 aliphatic rings. The minimum atomic E-state index is -6.13. The van der Waals surface area contributed by atoms with E-state index in [2.05, 4.69) is 9.50 Å². The lowest BCUT2D eigenvalue weighted by molar-refractivity contribution is -0.301. The molecule has 1 saturated heterocycles. The van der Waals surface area contributed by atoms with Gasteiger partial charge in [0, 0.05) is 4.88 Å². The Bertz CT molecular complexity index is 989. The molecule has 2 atom stereocenters. The summed E-state index contributed by atoms with van der Waals surface area (Å²) in [6, 6.07) is 2.31. The highest BCUT2D eigenvalue weighted by molar-refractivity contribution is 8.00. The molecule has 0 radical (unpaired) electrons. The quantitative estimate of drug-likeness (QED) is 0.334. The van der Waals surface area contributed by atoms with Crippen LogP contribution in [-0.2, 0) is 35.1 Å². The molecule has 0 aromatic carbocycles. The Balaban J connectivity index is 1.78. The first-order valence-electron chi connectivity index (χ1n) is 7.64. The number of halogens is 3. The summed E-state index contributed by atoms with van der Waals surface area (Å²) in [6.45, 7) is 0. The summed E-state index contributed by atoms with van der Waals surface area (Å²) in [5.74, 6) is -5.21. The molecule has 1 fully saturated rings. The van der Waals surface area contributed by atoms with Gasteiger partial charge in [-0.2, -0.15) is 21.6 Å². The van der Waals surface area contributed by atoms with Crippen molar-refractivity contribution in [1.82, 2.24) is 10.2 Å². The van der Waals surface area contributed by atoms with Crippen LogP contribution in [0.1, 0.15) is 4.88 Å². The second-order valence-electron chi connectivity index (χ2n) is 5.75. The van der Waals surface area contributed by atoms with E-state index in [4.69, 9.17) is 0 Å². The highest BCUT2D eigenvalue weighted by Gasteiger charge is 2.55. The number of alkyl halides is 3. The lowest BCUT2D eigenvalue weighted by Gasteiger charge is -2.50. The highest BCUT2D eigenvalue weighted by Crippen LogP contribution is 2.41. The Hall–Kier alpha value is -2.26. The molecule has 2 aliphatic heterocycles. The Labute approximate surface area is 169 Å². The van der Waals surface area contributed by atoms with Gasteiger partial charge in [-0.05, 0) is 11.4 Å². The number of carboxylic acid groups (broad SMARTS) is 1. The Morgan fingerprint density at radius 1 is 1.38 bits per heavy atom. The molecule has 0 bridgehead atoms. The fourth-order valence-electron chi connectivity index (χ4n) is 2.62. The molecular weight excluding hydrogens is 461 g/mol. The van der Waals surface area contributed by atoms with Crippen molar-refractivity contribution in [2.24, 2.45) is 0 Å². The number of thiophene rings is 1. The van der Waals surface area contributed by atoms with E-state index < -0.39 is 62.0 Å².